The van der Waals surface area contributed by atoms with Gasteiger partial charge in [0, 0.05) is 37.1 Å². The first-order chi connectivity index (χ1) is 8.94. The molecule has 1 fully saturated rings. The summed E-state index contributed by atoms with van der Waals surface area (Å²) in [6.45, 7) is 8.24. The van der Waals surface area contributed by atoms with Crippen LogP contribution in [0.25, 0.3) is 0 Å². The molecule has 1 N–H and O–H groups in total. The van der Waals surface area contributed by atoms with Crippen LogP contribution in [0.1, 0.15) is 40.0 Å². The van der Waals surface area contributed by atoms with Crippen LogP contribution in [0.15, 0.2) is 11.6 Å². The van der Waals surface area contributed by atoms with Crippen molar-refractivity contribution < 1.29 is 4.79 Å². The first-order valence-corrected chi connectivity index (χ1v) is 7.76. The Bertz CT molecular complexity index is 403. The number of amides is 1. The van der Waals surface area contributed by atoms with Gasteiger partial charge in [0.25, 0.3) is 0 Å². The van der Waals surface area contributed by atoms with E-state index >= 15 is 0 Å². The predicted octanol–water partition coefficient (Wildman–Crippen LogP) is 2.66. The van der Waals surface area contributed by atoms with Crippen molar-refractivity contribution in [3.63, 3.8) is 0 Å². The summed E-state index contributed by atoms with van der Waals surface area (Å²) in [4.78, 5) is 18.5. The SMILES string of the molecule is CC(C)(C)CC(=O)NC1CCN(c2nccs2)CC1. The van der Waals surface area contributed by atoms with Gasteiger partial charge in [0.1, 0.15) is 0 Å². The third-order valence-corrected chi connectivity index (χ3v) is 4.07. The van der Waals surface area contributed by atoms with Crippen LogP contribution in [-0.4, -0.2) is 30.0 Å². The van der Waals surface area contributed by atoms with Crippen molar-refractivity contribution in [3.05, 3.63) is 11.6 Å². The first kappa shape index (κ1) is 14.3. The van der Waals surface area contributed by atoms with Crippen LogP contribution in [-0.2, 0) is 4.79 Å². The zero-order chi connectivity index (χ0) is 13.9. The number of thiazole rings is 1. The molecule has 5 heteroatoms. The Morgan fingerprint density at radius 3 is 2.68 bits per heavy atom. The Hall–Kier alpha value is -1.10. The largest absolute Gasteiger partial charge is 0.353 e. The fourth-order valence-corrected chi connectivity index (χ4v) is 3.04. The molecule has 1 aromatic heterocycles. The van der Waals surface area contributed by atoms with Gasteiger partial charge in [-0.05, 0) is 18.3 Å². The van der Waals surface area contributed by atoms with Gasteiger partial charge in [-0.15, -0.1) is 11.3 Å². The molecular weight excluding hydrogens is 258 g/mol. The average Bonchev–Trinajstić information content (AvgIpc) is 2.80. The Kier molecular flexibility index (Phi) is 4.45. The standard InChI is InChI=1S/C14H23N3OS/c1-14(2,3)10-12(18)16-11-4-7-17(8-5-11)13-15-6-9-19-13/h6,9,11H,4-5,7-8,10H2,1-3H3,(H,16,18). The first-order valence-electron chi connectivity index (χ1n) is 6.88. The summed E-state index contributed by atoms with van der Waals surface area (Å²) in [5.74, 6) is 0.181. The summed E-state index contributed by atoms with van der Waals surface area (Å²) in [5, 5.41) is 6.26. The fourth-order valence-electron chi connectivity index (χ4n) is 2.35. The molecule has 0 unspecified atom stereocenters. The minimum absolute atomic E-state index is 0.0612. The van der Waals surface area contributed by atoms with Crippen LogP contribution < -0.4 is 10.2 Å². The molecule has 1 aromatic rings. The van der Waals surface area contributed by atoms with E-state index < -0.39 is 0 Å². The van der Waals surface area contributed by atoms with Gasteiger partial charge in [0.2, 0.25) is 5.91 Å². The molecule has 0 atom stereocenters. The fraction of sp³-hybridized carbons (Fsp3) is 0.714. The Balaban J connectivity index is 1.76. The quantitative estimate of drug-likeness (QED) is 0.926. The maximum absolute atomic E-state index is 11.9. The highest BCUT2D eigenvalue weighted by atomic mass is 32.1. The van der Waals surface area contributed by atoms with Gasteiger partial charge in [-0.3, -0.25) is 4.79 Å². The number of nitrogens with one attached hydrogen (secondary N) is 1. The average molecular weight is 281 g/mol. The summed E-state index contributed by atoms with van der Waals surface area (Å²) in [6.07, 6.45) is 4.46. The van der Waals surface area contributed by atoms with Gasteiger partial charge in [0.15, 0.2) is 5.13 Å². The molecule has 2 heterocycles. The third-order valence-electron chi connectivity index (χ3n) is 3.24. The monoisotopic (exact) mass is 281 g/mol. The molecule has 2 rings (SSSR count). The zero-order valence-corrected chi connectivity index (χ0v) is 12.8. The van der Waals surface area contributed by atoms with Crippen molar-refractivity contribution in [2.24, 2.45) is 5.41 Å². The highest BCUT2D eigenvalue weighted by Gasteiger charge is 2.23. The van der Waals surface area contributed by atoms with Gasteiger partial charge < -0.3 is 10.2 Å². The van der Waals surface area contributed by atoms with Gasteiger partial charge in [0.05, 0.1) is 0 Å². The van der Waals surface area contributed by atoms with Crippen LogP contribution in [0.3, 0.4) is 0 Å². The highest BCUT2D eigenvalue weighted by molar-refractivity contribution is 7.13. The van der Waals surface area contributed by atoms with Crippen LogP contribution in [0.5, 0.6) is 0 Å². The van der Waals surface area contributed by atoms with E-state index in [1.54, 1.807) is 11.3 Å². The zero-order valence-electron chi connectivity index (χ0n) is 12.0. The second-order valence-electron chi connectivity index (χ2n) is 6.38. The number of aromatic nitrogens is 1. The van der Waals surface area contributed by atoms with E-state index in [1.807, 2.05) is 11.6 Å². The summed E-state index contributed by atoms with van der Waals surface area (Å²) in [6, 6.07) is 0.325. The predicted molar refractivity (Wildman–Crippen MR) is 79.6 cm³/mol. The number of carbonyl (C=O) groups excluding carboxylic acids is 1. The van der Waals surface area contributed by atoms with Gasteiger partial charge in [-0.1, -0.05) is 20.8 Å². The molecule has 1 saturated heterocycles. The Morgan fingerprint density at radius 1 is 1.47 bits per heavy atom. The van der Waals surface area contributed by atoms with Crippen molar-refractivity contribution >= 4 is 22.4 Å². The van der Waals surface area contributed by atoms with E-state index in [4.69, 9.17) is 0 Å². The molecule has 4 nitrogen and oxygen atoms in total. The molecule has 0 bridgehead atoms. The maximum Gasteiger partial charge on any atom is 0.220 e. The lowest BCUT2D eigenvalue weighted by Crippen LogP contribution is -2.45. The van der Waals surface area contributed by atoms with E-state index in [-0.39, 0.29) is 11.3 Å². The lowest BCUT2D eigenvalue weighted by molar-refractivity contribution is -0.123. The summed E-state index contributed by atoms with van der Waals surface area (Å²) in [5.41, 5.74) is 0.0612. The molecule has 19 heavy (non-hydrogen) atoms. The topological polar surface area (TPSA) is 45.2 Å². The third kappa shape index (κ3) is 4.49. The summed E-state index contributed by atoms with van der Waals surface area (Å²) in [7, 11) is 0. The number of carbonyl (C=O) groups is 1. The molecule has 1 aliphatic rings. The van der Waals surface area contributed by atoms with E-state index in [2.05, 4.69) is 36.0 Å². The van der Waals surface area contributed by atoms with Crippen molar-refractivity contribution in [3.8, 4) is 0 Å². The number of hydrogen-bond donors (Lipinski definition) is 1. The molecule has 1 aliphatic heterocycles. The van der Waals surface area contributed by atoms with Gasteiger partial charge in [-0.2, -0.15) is 0 Å². The van der Waals surface area contributed by atoms with Crippen LogP contribution in [0.2, 0.25) is 0 Å². The summed E-state index contributed by atoms with van der Waals surface area (Å²) >= 11 is 1.68. The van der Waals surface area contributed by atoms with E-state index in [0.717, 1.165) is 31.1 Å². The molecule has 0 spiro atoms. The molecule has 1 amide bonds. The number of piperidine rings is 1. The maximum atomic E-state index is 11.9. The highest BCUT2D eigenvalue weighted by Crippen LogP contribution is 2.23. The van der Waals surface area contributed by atoms with Crippen molar-refractivity contribution in [2.45, 2.75) is 46.1 Å². The van der Waals surface area contributed by atoms with Crippen molar-refractivity contribution in [2.75, 3.05) is 18.0 Å². The number of nitrogens with zero attached hydrogens (tertiary/aromatic N) is 2. The van der Waals surface area contributed by atoms with Crippen molar-refractivity contribution in [1.29, 1.82) is 0 Å². The van der Waals surface area contributed by atoms with Gasteiger partial charge >= 0.3 is 0 Å². The van der Waals surface area contributed by atoms with Crippen LogP contribution in [0, 0.1) is 5.41 Å². The molecule has 0 saturated carbocycles. The molecule has 0 aliphatic carbocycles. The smallest absolute Gasteiger partial charge is 0.220 e. The minimum atomic E-state index is 0.0612. The normalized spacial score (nSPS) is 17.5. The van der Waals surface area contributed by atoms with E-state index in [0.29, 0.717) is 12.5 Å². The van der Waals surface area contributed by atoms with Gasteiger partial charge in [-0.25, -0.2) is 4.98 Å². The molecular formula is C14H23N3OS. The van der Waals surface area contributed by atoms with Crippen LogP contribution in [0.4, 0.5) is 5.13 Å². The van der Waals surface area contributed by atoms with E-state index in [1.165, 1.54) is 0 Å². The lowest BCUT2D eigenvalue weighted by atomic mass is 9.91. The molecule has 106 valence electrons. The number of anilines is 1. The van der Waals surface area contributed by atoms with Crippen molar-refractivity contribution in [1.82, 2.24) is 10.3 Å². The molecule has 0 aromatic carbocycles. The van der Waals surface area contributed by atoms with Crippen LogP contribution >= 0.6 is 11.3 Å². The molecule has 0 radical (unpaired) electrons. The lowest BCUT2D eigenvalue weighted by Gasteiger charge is -2.32. The Morgan fingerprint density at radius 2 is 2.16 bits per heavy atom. The summed E-state index contributed by atoms with van der Waals surface area (Å²) < 4.78 is 0. The minimum Gasteiger partial charge on any atom is -0.353 e. The Labute approximate surface area is 119 Å². The number of rotatable bonds is 3. The second kappa shape index (κ2) is 5.90. The van der Waals surface area contributed by atoms with E-state index in [9.17, 15) is 4.79 Å². The second-order valence-corrected chi connectivity index (χ2v) is 7.25. The number of hydrogen-bond acceptors (Lipinski definition) is 4.